The molecule has 1 aromatic rings. The Morgan fingerprint density at radius 2 is 2.00 bits per heavy atom. The Morgan fingerprint density at radius 3 is 2.85 bits per heavy atom. The molecule has 4 nitrogen and oxygen atoms in total. The monoisotopic (exact) mass is 276 g/mol. The first-order valence-corrected chi connectivity index (χ1v) is 7.55. The van der Waals surface area contributed by atoms with E-state index in [4.69, 9.17) is 10.5 Å². The molecule has 2 N–H and O–H groups in total. The number of para-hydroxylation sites is 2. The predicted octanol–water partition coefficient (Wildman–Crippen LogP) is 2.71. The van der Waals surface area contributed by atoms with Crippen LogP contribution >= 0.6 is 0 Å². The fourth-order valence-electron chi connectivity index (χ4n) is 2.50. The molecule has 2 rings (SSSR count). The maximum Gasteiger partial charge on any atom is 0.227 e. The van der Waals surface area contributed by atoms with E-state index in [0.29, 0.717) is 13.0 Å². The van der Waals surface area contributed by atoms with E-state index in [-0.39, 0.29) is 5.91 Å². The van der Waals surface area contributed by atoms with E-state index in [1.807, 2.05) is 29.2 Å². The van der Waals surface area contributed by atoms with Crippen LogP contribution in [0.4, 0.5) is 5.69 Å². The smallest absolute Gasteiger partial charge is 0.227 e. The number of rotatable bonds is 6. The number of hydrogen-bond donors (Lipinski definition) is 1. The van der Waals surface area contributed by atoms with Crippen LogP contribution in [0, 0.1) is 0 Å². The first-order valence-electron chi connectivity index (χ1n) is 7.55. The van der Waals surface area contributed by atoms with Crippen LogP contribution in [0.25, 0.3) is 0 Å². The Morgan fingerprint density at radius 1 is 1.20 bits per heavy atom. The van der Waals surface area contributed by atoms with Crippen LogP contribution in [0.15, 0.2) is 24.3 Å². The predicted molar refractivity (Wildman–Crippen MR) is 81.0 cm³/mol. The van der Waals surface area contributed by atoms with Gasteiger partial charge in [-0.1, -0.05) is 25.0 Å². The largest absolute Gasteiger partial charge is 0.491 e. The summed E-state index contributed by atoms with van der Waals surface area (Å²) in [5.41, 5.74) is 6.38. The van der Waals surface area contributed by atoms with Crippen LogP contribution in [-0.4, -0.2) is 25.6 Å². The molecule has 1 aliphatic rings. The summed E-state index contributed by atoms with van der Waals surface area (Å²) >= 11 is 0. The number of nitrogens with zero attached hydrogens (tertiary/aromatic N) is 1. The van der Waals surface area contributed by atoms with E-state index in [1.54, 1.807) is 0 Å². The van der Waals surface area contributed by atoms with Crippen molar-refractivity contribution in [2.45, 2.75) is 38.5 Å². The quantitative estimate of drug-likeness (QED) is 0.813. The van der Waals surface area contributed by atoms with E-state index in [2.05, 4.69) is 0 Å². The lowest BCUT2D eigenvalue weighted by Gasteiger charge is -2.21. The molecule has 1 aromatic carbocycles. The molecular weight excluding hydrogens is 252 g/mol. The van der Waals surface area contributed by atoms with Crippen molar-refractivity contribution in [3.8, 4) is 5.75 Å². The first kappa shape index (κ1) is 14.9. The Kier molecular flexibility index (Phi) is 5.87. The van der Waals surface area contributed by atoms with Gasteiger partial charge in [0.25, 0.3) is 0 Å². The summed E-state index contributed by atoms with van der Waals surface area (Å²) in [5, 5.41) is 0. The minimum absolute atomic E-state index is 0.204. The molecule has 0 bridgehead atoms. The number of anilines is 1. The third kappa shape index (κ3) is 3.97. The number of unbranched alkanes of at least 4 members (excludes halogenated alkanes) is 3. The zero-order chi connectivity index (χ0) is 14.2. The molecule has 0 fully saturated rings. The number of nitrogens with two attached hydrogens (primary N) is 1. The molecule has 4 heteroatoms. The highest BCUT2D eigenvalue weighted by Crippen LogP contribution is 2.31. The van der Waals surface area contributed by atoms with E-state index in [1.165, 1.54) is 0 Å². The van der Waals surface area contributed by atoms with Crippen LogP contribution in [0.2, 0.25) is 0 Å². The maximum atomic E-state index is 12.4. The van der Waals surface area contributed by atoms with Crippen LogP contribution in [0.3, 0.4) is 0 Å². The van der Waals surface area contributed by atoms with Crippen LogP contribution in [0.5, 0.6) is 5.75 Å². The minimum Gasteiger partial charge on any atom is -0.491 e. The second kappa shape index (κ2) is 7.90. The number of hydrogen-bond acceptors (Lipinski definition) is 3. The van der Waals surface area contributed by atoms with Crippen molar-refractivity contribution in [2.24, 2.45) is 5.73 Å². The lowest BCUT2D eigenvalue weighted by atomic mass is 10.1. The number of fused-ring (bicyclic) bond motifs is 1. The number of ether oxygens (including phenoxy) is 1. The Bertz CT molecular complexity index is 434. The number of carbonyl (C=O) groups is 1. The summed E-state index contributed by atoms with van der Waals surface area (Å²) in [7, 11) is 0. The van der Waals surface area contributed by atoms with E-state index >= 15 is 0 Å². The molecule has 0 radical (unpaired) electrons. The Balaban J connectivity index is 1.92. The van der Waals surface area contributed by atoms with Crippen LogP contribution < -0.4 is 15.4 Å². The average molecular weight is 276 g/mol. The van der Waals surface area contributed by atoms with Gasteiger partial charge >= 0.3 is 0 Å². The highest BCUT2D eigenvalue weighted by Gasteiger charge is 2.21. The number of amides is 1. The first-order chi connectivity index (χ1) is 9.83. The number of benzene rings is 1. The average Bonchev–Trinajstić information content (AvgIpc) is 2.69. The molecule has 1 amide bonds. The normalized spacial score (nSPS) is 14.3. The van der Waals surface area contributed by atoms with Gasteiger partial charge < -0.3 is 15.4 Å². The van der Waals surface area contributed by atoms with Gasteiger partial charge in [-0.3, -0.25) is 4.79 Å². The van der Waals surface area contributed by atoms with Crippen molar-refractivity contribution in [3.63, 3.8) is 0 Å². The van der Waals surface area contributed by atoms with Crippen molar-refractivity contribution in [1.29, 1.82) is 0 Å². The molecule has 0 unspecified atom stereocenters. The van der Waals surface area contributed by atoms with Crippen molar-refractivity contribution in [1.82, 2.24) is 0 Å². The van der Waals surface area contributed by atoms with E-state index in [0.717, 1.165) is 56.6 Å². The van der Waals surface area contributed by atoms with Gasteiger partial charge in [-0.25, -0.2) is 0 Å². The third-order valence-electron chi connectivity index (χ3n) is 3.59. The van der Waals surface area contributed by atoms with Crippen molar-refractivity contribution in [3.05, 3.63) is 24.3 Å². The molecular formula is C16H24N2O2. The summed E-state index contributed by atoms with van der Waals surface area (Å²) in [6.07, 6.45) is 5.68. The number of carbonyl (C=O) groups excluding carboxylic acids is 1. The summed E-state index contributed by atoms with van der Waals surface area (Å²) in [4.78, 5) is 14.3. The van der Waals surface area contributed by atoms with Gasteiger partial charge in [-0.15, -0.1) is 0 Å². The zero-order valence-electron chi connectivity index (χ0n) is 12.0. The molecule has 20 heavy (non-hydrogen) atoms. The second-order valence-corrected chi connectivity index (χ2v) is 5.17. The summed E-state index contributed by atoms with van der Waals surface area (Å²) in [6.45, 7) is 2.17. The van der Waals surface area contributed by atoms with Crippen molar-refractivity contribution >= 4 is 11.6 Å². The third-order valence-corrected chi connectivity index (χ3v) is 3.59. The van der Waals surface area contributed by atoms with Gasteiger partial charge in [0, 0.05) is 13.0 Å². The molecule has 0 atom stereocenters. The molecule has 110 valence electrons. The highest BCUT2D eigenvalue weighted by molar-refractivity contribution is 5.94. The fraction of sp³-hybridized carbons (Fsp3) is 0.562. The SMILES string of the molecule is NCCCCCCC(=O)N1CCCOc2ccccc21. The van der Waals surface area contributed by atoms with Gasteiger partial charge in [-0.05, 0) is 37.9 Å². The minimum atomic E-state index is 0.204. The summed E-state index contributed by atoms with van der Waals surface area (Å²) in [6, 6.07) is 7.80. The maximum absolute atomic E-state index is 12.4. The van der Waals surface area contributed by atoms with Gasteiger partial charge in [0.2, 0.25) is 5.91 Å². The van der Waals surface area contributed by atoms with Crippen molar-refractivity contribution < 1.29 is 9.53 Å². The van der Waals surface area contributed by atoms with Gasteiger partial charge in [0.05, 0.1) is 12.3 Å². The second-order valence-electron chi connectivity index (χ2n) is 5.17. The zero-order valence-corrected chi connectivity index (χ0v) is 12.0. The van der Waals surface area contributed by atoms with Crippen LogP contribution in [0.1, 0.15) is 38.5 Å². The van der Waals surface area contributed by atoms with Gasteiger partial charge in [0.1, 0.15) is 5.75 Å². The summed E-state index contributed by atoms with van der Waals surface area (Å²) in [5.74, 6) is 1.03. The fourth-order valence-corrected chi connectivity index (χ4v) is 2.50. The molecule has 0 spiro atoms. The van der Waals surface area contributed by atoms with Gasteiger partial charge in [0.15, 0.2) is 0 Å². The molecule has 0 aliphatic carbocycles. The molecule has 1 heterocycles. The summed E-state index contributed by atoms with van der Waals surface area (Å²) < 4.78 is 5.68. The van der Waals surface area contributed by atoms with Crippen molar-refractivity contribution in [2.75, 3.05) is 24.6 Å². The Labute approximate surface area is 120 Å². The Hall–Kier alpha value is -1.55. The molecule has 1 aliphatic heterocycles. The lowest BCUT2D eigenvalue weighted by molar-refractivity contribution is -0.118. The standard InChI is InChI=1S/C16H24N2O2/c17-11-6-2-1-3-10-16(19)18-12-7-13-20-15-9-5-4-8-14(15)18/h4-5,8-9H,1-3,6-7,10-13,17H2. The molecule has 0 saturated heterocycles. The van der Waals surface area contributed by atoms with E-state index in [9.17, 15) is 4.79 Å². The molecule has 0 aromatic heterocycles. The lowest BCUT2D eigenvalue weighted by Crippen LogP contribution is -2.31. The highest BCUT2D eigenvalue weighted by atomic mass is 16.5. The van der Waals surface area contributed by atoms with Crippen LogP contribution in [-0.2, 0) is 4.79 Å². The van der Waals surface area contributed by atoms with E-state index < -0.39 is 0 Å². The molecule has 0 saturated carbocycles. The topological polar surface area (TPSA) is 55.6 Å². The van der Waals surface area contributed by atoms with Gasteiger partial charge in [-0.2, -0.15) is 0 Å².